The lowest BCUT2D eigenvalue weighted by atomic mass is 9.83. The van der Waals surface area contributed by atoms with Crippen LogP contribution in [0.5, 0.6) is 5.75 Å². The summed E-state index contributed by atoms with van der Waals surface area (Å²) in [7, 11) is -3.37. The van der Waals surface area contributed by atoms with Crippen LogP contribution in [0.1, 0.15) is 44.7 Å². The monoisotopic (exact) mass is 549 g/mol. The summed E-state index contributed by atoms with van der Waals surface area (Å²) in [5.74, 6) is -1.40. The van der Waals surface area contributed by atoms with Crippen LogP contribution in [0.3, 0.4) is 0 Å². The van der Waals surface area contributed by atoms with Crippen LogP contribution < -0.4 is 4.74 Å². The van der Waals surface area contributed by atoms with Crippen LogP contribution in [0.25, 0.3) is 0 Å². The van der Waals surface area contributed by atoms with E-state index < -0.39 is 32.8 Å². The van der Waals surface area contributed by atoms with Crippen LogP contribution in [0.15, 0.2) is 52.2 Å². The van der Waals surface area contributed by atoms with E-state index in [9.17, 15) is 12.8 Å². The number of allylic oxidation sites excluding steroid dienone is 4. The molecule has 2 saturated heterocycles. The highest BCUT2D eigenvalue weighted by Gasteiger charge is 2.44. The molecule has 3 heterocycles. The minimum Gasteiger partial charge on any atom is -0.488 e. The molecule has 0 aromatic heterocycles. The summed E-state index contributed by atoms with van der Waals surface area (Å²) in [5.41, 5.74) is 3.30. The third-order valence-corrected chi connectivity index (χ3v) is 9.56. The predicted octanol–water partition coefficient (Wildman–Crippen LogP) is 4.55. The topological polar surface area (TPSA) is 62.2 Å². The molecule has 0 radical (unpaired) electrons. The maximum Gasteiger partial charge on any atom is 0.151 e. The van der Waals surface area contributed by atoms with Crippen LogP contribution in [0, 0.1) is 11.6 Å². The summed E-state index contributed by atoms with van der Waals surface area (Å²) in [6, 6.07) is 1.38. The smallest absolute Gasteiger partial charge is 0.151 e. The second-order valence-corrected chi connectivity index (χ2v) is 13.2. The average molecular weight is 550 g/mol. The van der Waals surface area contributed by atoms with Gasteiger partial charge in [0, 0.05) is 56.2 Å². The van der Waals surface area contributed by atoms with Gasteiger partial charge in [-0.1, -0.05) is 12.2 Å². The molecule has 4 aliphatic rings. The van der Waals surface area contributed by atoms with Gasteiger partial charge in [-0.3, -0.25) is 19.2 Å². The number of aliphatic imine (C=N–C) groups is 1. The van der Waals surface area contributed by atoms with E-state index in [-0.39, 0.29) is 36.7 Å². The van der Waals surface area contributed by atoms with Gasteiger partial charge in [-0.25, -0.2) is 17.2 Å². The molecule has 10 heteroatoms. The normalized spacial score (nSPS) is 25.0. The molecule has 5 rings (SSSR count). The summed E-state index contributed by atoms with van der Waals surface area (Å²) in [4.78, 5) is 8.72. The lowest BCUT2D eigenvalue weighted by Crippen LogP contribution is -2.53. The van der Waals surface area contributed by atoms with Gasteiger partial charge in [0.15, 0.2) is 9.84 Å². The second-order valence-electron chi connectivity index (χ2n) is 10.8. The number of piperidine rings is 1. The van der Waals surface area contributed by atoms with Crippen LogP contribution in [0.2, 0.25) is 0 Å². The highest BCUT2D eigenvalue weighted by molar-refractivity contribution is 7.91. The van der Waals surface area contributed by atoms with Gasteiger partial charge in [-0.2, -0.15) is 0 Å². The molecule has 0 bridgehead atoms. The number of benzene rings is 1. The van der Waals surface area contributed by atoms with Crippen molar-refractivity contribution in [2.45, 2.75) is 56.5 Å². The largest absolute Gasteiger partial charge is 0.488 e. The zero-order valence-electron chi connectivity index (χ0n) is 22.0. The van der Waals surface area contributed by atoms with Gasteiger partial charge in [0.2, 0.25) is 0 Å². The van der Waals surface area contributed by atoms with E-state index in [4.69, 9.17) is 9.73 Å². The molecule has 0 amide bonds. The number of fused-ring (bicyclic) bond motifs is 2. The van der Waals surface area contributed by atoms with Crippen molar-refractivity contribution in [3.8, 4) is 5.75 Å². The Labute approximate surface area is 222 Å². The van der Waals surface area contributed by atoms with Gasteiger partial charge in [0.25, 0.3) is 0 Å². The fourth-order valence-electron chi connectivity index (χ4n) is 5.73. The van der Waals surface area contributed by atoms with E-state index in [0.717, 1.165) is 16.8 Å². The summed E-state index contributed by atoms with van der Waals surface area (Å²) in [5, 5.41) is -0.723. The minimum atomic E-state index is -3.37. The summed E-state index contributed by atoms with van der Waals surface area (Å²) in [6.45, 7) is 5.12. The van der Waals surface area contributed by atoms with Gasteiger partial charge < -0.3 is 4.74 Å². The molecular formula is C28H34F3N3O3S. The number of hydrogen-bond donors (Lipinski definition) is 0. The Morgan fingerprint density at radius 1 is 1.18 bits per heavy atom. The zero-order chi connectivity index (χ0) is 27.2. The maximum absolute atomic E-state index is 15.8. The minimum absolute atomic E-state index is 0.103. The van der Waals surface area contributed by atoms with Crippen molar-refractivity contribution < 1.29 is 26.3 Å². The molecule has 0 unspecified atom stereocenters. The highest BCUT2D eigenvalue weighted by Crippen LogP contribution is 2.45. The molecule has 2 fully saturated rings. The number of nitrogens with zero attached hydrogens (tertiary/aromatic N) is 3. The third-order valence-electron chi connectivity index (χ3n) is 7.95. The Balaban J connectivity index is 1.48. The molecule has 0 spiro atoms. The third kappa shape index (κ3) is 5.22. The van der Waals surface area contributed by atoms with Gasteiger partial charge >= 0.3 is 0 Å². The number of hydrogen-bond acceptors (Lipinski definition) is 6. The van der Waals surface area contributed by atoms with Gasteiger partial charge in [-0.05, 0) is 50.3 Å². The van der Waals surface area contributed by atoms with Crippen LogP contribution in [-0.2, 0) is 9.84 Å². The molecular weight excluding hydrogens is 515 g/mol. The Kier molecular flexibility index (Phi) is 7.59. The first-order valence-corrected chi connectivity index (χ1v) is 15.1. The van der Waals surface area contributed by atoms with Crippen LogP contribution in [-0.4, -0.2) is 80.4 Å². The van der Waals surface area contributed by atoms with Gasteiger partial charge in [0.05, 0.1) is 29.4 Å². The quantitative estimate of drug-likeness (QED) is 0.452. The van der Waals surface area contributed by atoms with Gasteiger partial charge in [-0.15, -0.1) is 0 Å². The SMILES string of the molecule is C[C@@H]1CC2=C3CC=CC=C3N=C2[C@@H](c2c(F)cc(OC3CN(CCCF)C3)cc2F)N1C[C@@H](C)S(C)(=O)=O. The molecule has 6 nitrogen and oxygen atoms in total. The summed E-state index contributed by atoms with van der Waals surface area (Å²) in [6.07, 6.45) is 8.61. The first-order chi connectivity index (χ1) is 18.1. The number of rotatable bonds is 9. The molecule has 1 aromatic rings. The molecule has 3 aliphatic heterocycles. The van der Waals surface area contributed by atoms with Crippen molar-refractivity contribution in [1.82, 2.24) is 9.80 Å². The first-order valence-electron chi connectivity index (χ1n) is 13.1. The average Bonchev–Trinajstić information content (AvgIpc) is 3.19. The summed E-state index contributed by atoms with van der Waals surface area (Å²) < 4.78 is 74.4. The van der Waals surface area contributed by atoms with E-state index in [2.05, 4.69) is 0 Å². The molecule has 3 atom stereocenters. The molecule has 1 aliphatic carbocycles. The fraction of sp³-hybridized carbons (Fsp3) is 0.536. The zero-order valence-corrected chi connectivity index (χ0v) is 22.8. The molecule has 206 valence electrons. The molecule has 38 heavy (non-hydrogen) atoms. The molecule has 0 saturated carbocycles. The van der Waals surface area contributed by atoms with Crippen LogP contribution >= 0.6 is 0 Å². The number of sulfone groups is 1. The Hall–Kier alpha value is -2.43. The molecule has 1 aromatic carbocycles. The van der Waals surface area contributed by atoms with Crippen LogP contribution in [0.4, 0.5) is 13.2 Å². The predicted molar refractivity (Wildman–Crippen MR) is 142 cm³/mol. The standard InChI is InChI=1S/C28H34F3N3O3S/c1-17-11-22-21-7-4-5-8-25(21)32-27(22)28(34(17)14-18(2)38(3,35)36)26-23(30)12-19(13-24(26)31)37-20-15-33(16-20)10-6-9-29/h4-5,8,12-13,17-18,20,28H,6-7,9-11,14-16H2,1-3H3/t17-,18-,28-/m1/s1. The lowest BCUT2D eigenvalue weighted by molar-refractivity contribution is 0.0180. The van der Waals surface area contributed by atoms with Crippen molar-refractivity contribution in [3.63, 3.8) is 0 Å². The van der Waals surface area contributed by atoms with Crippen molar-refractivity contribution in [3.05, 3.63) is 64.4 Å². The Bertz CT molecular complexity index is 1310. The highest BCUT2D eigenvalue weighted by atomic mass is 32.2. The Morgan fingerprint density at radius 2 is 1.89 bits per heavy atom. The molecule has 0 N–H and O–H groups in total. The second kappa shape index (κ2) is 10.6. The number of likely N-dealkylation sites (tertiary alicyclic amines) is 2. The van der Waals surface area contributed by atoms with E-state index >= 15 is 8.78 Å². The fourth-order valence-corrected chi connectivity index (χ4v) is 6.17. The van der Waals surface area contributed by atoms with Crippen molar-refractivity contribution in [2.75, 3.05) is 39.1 Å². The van der Waals surface area contributed by atoms with Crippen molar-refractivity contribution in [2.24, 2.45) is 4.99 Å². The maximum atomic E-state index is 15.8. The Morgan fingerprint density at radius 3 is 2.55 bits per heavy atom. The van der Waals surface area contributed by atoms with Crippen molar-refractivity contribution >= 4 is 15.5 Å². The van der Waals surface area contributed by atoms with E-state index in [1.54, 1.807) is 6.92 Å². The first kappa shape index (κ1) is 27.1. The van der Waals surface area contributed by atoms with E-state index in [0.29, 0.717) is 44.6 Å². The number of alkyl halides is 1. The number of halogens is 3. The lowest BCUT2D eigenvalue weighted by Gasteiger charge is -2.43. The number of ether oxygens (including phenoxy) is 1. The van der Waals surface area contributed by atoms with Gasteiger partial charge in [0.1, 0.15) is 23.5 Å². The van der Waals surface area contributed by atoms with Crippen molar-refractivity contribution in [1.29, 1.82) is 0 Å². The summed E-state index contributed by atoms with van der Waals surface area (Å²) >= 11 is 0. The van der Waals surface area contributed by atoms with E-state index in [1.807, 2.05) is 35.0 Å². The van der Waals surface area contributed by atoms with E-state index in [1.165, 1.54) is 18.4 Å².